The van der Waals surface area contributed by atoms with Gasteiger partial charge >= 0.3 is 0 Å². The monoisotopic (exact) mass is 762 g/mol. The van der Waals surface area contributed by atoms with E-state index in [-0.39, 0.29) is 25.8 Å². The van der Waals surface area contributed by atoms with E-state index in [2.05, 4.69) is 97.1 Å². The minimum atomic E-state index is 0.128. The van der Waals surface area contributed by atoms with E-state index in [9.17, 15) is 0 Å². The topological polar surface area (TPSA) is 71.2 Å². The van der Waals surface area contributed by atoms with Crippen molar-refractivity contribution in [2.75, 3.05) is 40.0 Å². The fourth-order valence-corrected chi connectivity index (χ4v) is 8.25. The molecule has 0 radical (unpaired) electrons. The molecule has 3 heterocycles. The van der Waals surface area contributed by atoms with Gasteiger partial charge in [0.25, 0.3) is 0 Å². The van der Waals surface area contributed by atoms with E-state index in [1.807, 2.05) is 12.1 Å². The summed E-state index contributed by atoms with van der Waals surface area (Å²) in [6, 6.07) is 39.0. The molecule has 7 nitrogen and oxygen atoms in total. The van der Waals surface area contributed by atoms with E-state index >= 15 is 0 Å². The molecule has 1 aliphatic carbocycles. The first-order valence-corrected chi connectivity index (χ1v) is 20.7. The Labute approximate surface area is 334 Å². The SMILES string of the molecule is c1cc(OCOc2ccc3cc(CC4CCC4)ccc3c2)c(CC2CO2)cc1Cc1ccc(OCOc2ccc3cc(CC4COC4)ccc3c2)c(CC2CO2)c1. The lowest BCUT2D eigenvalue weighted by Crippen LogP contribution is -2.29. The summed E-state index contributed by atoms with van der Waals surface area (Å²) in [4.78, 5) is 0. The smallest absolute Gasteiger partial charge is 0.230 e. The fourth-order valence-electron chi connectivity index (χ4n) is 8.25. The van der Waals surface area contributed by atoms with Crippen molar-refractivity contribution in [3.8, 4) is 23.0 Å². The summed E-state index contributed by atoms with van der Waals surface area (Å²) >= 11 is 0. The van der Waals surface area contributed by atoms with Gasteiger partial charge in [-0.25, -0.2) is 0 Å². The molecule has 4 fully saturated rings. The van der Waals surface area contributed by atoms with Crippen LogP contribution in [-0.4, -0.2) is 52.2 Å². The van der Waals surface area contributed by atoms with Crippen LogP contribution in [0.15, 0.2) is 109 Å². The Bertz CT molecular complexity index is 2190. The van der Waals surface area contributed by atoms with E-state index in [1.54, 1.807) is 0 Å². The van der Waals surface area contributed by atoms with E-state index in [0.29, 0.717) is 5.92 Å². The van der Waals surface area contributed by atoms with Gasteiger partial charge in [-0.15, -0.1) is 0 Å². The van der Waals surface area contributed by atoms with Crippen LogP contribution in [-0.2, 0) is 46.3 Å². The Morgan fingerprint density at radius 3 is 1.37 bits per heavy atom. The van der Waals surface area contributed by atoms with Crippen LogP contribution < -0.4 is 18.9 Å². The van der Waals surface area contributed by atoms with Crippen LogP contribution in [0.2, 0.25) is 0 Å². The van der Waals surface area contributed by atoms with Gasteiger partial charge in [0.05, 0.1) is 38.6 Å². The highest BCUT2D eigenvalue weighted by Crippen LogP contribution is 2.33. The van der Waals surface area contributed by atoms with E-state index in [0.717, 1.165) is 97.5 Å². The Kier molecular flexibility index (Phi) is 10.4. The average molecular weight is 763 g/mol. The predicted octanol–water partition coefficient (Wildman–Crippen LogP) is 9.83. The van der Waals surface area contributed by atoms with E-state index in [4.69, 9.17) is 33.2 Å². The van der Waals surface area contributed by atoms with Crippen LogP contribution >= 0.6 is 0 Å². The van der Waals surface area contributed by atoms with Gasteiger partial charge in [0, 0.05) is 18.8 Å². The molecule has 4 aliphatic rings. The average Bonchev–Trinajstić information content (AvgIpc) is 4.14. The number of rotatable bonds is 18. The van der Waals surface area contributed by atoms with Crippen molar-refractivity contribution < 1.29 is 33.2 Å². The maximum atomic E-state index is 6.24. The van der Waals surface area contributed by atoms with Crippen molar-refractivity contribution in [2.24, 2.45) is 11.8 Å². The molecule has 3 saturated heterocycles. The lowest BCUT2D eigenvalue weighted by Gasteiger charge is -2.25. The molecule has 57 heavy (non-hydrogen) atoms. The van der Waals surface area contributed by atoms with Gasteiger partial charge in [0.2, 0.25) is 13.6 Å². The Morgan fingerprint density at radius 2 is 0.912 bits per heavy atom. The summed E-state index contributed by atoms with van der Waals surface area (Å²) < 4.78 is 41.3. The lowest BCUT2D eigenvalue weighted by atomic mass is 9.81. The number of hydrogen-bond donors (Lipinski definition) is 0. The van der Waals surface area contributed by atoms with Gasteiger partial charge in [0.1, 0.15) is 23.0 Å². The van der Waals surface area contributed by atoms with Gasteiger partial charge in [-0.3, -0.25) is 0 Å². The van der Waals surface area contributed by atoms with Gasteiger partial charge in [-0.1, -0.05) is 92.1 Å². The largest absolute Gasteiger partial charge is 0.457 e. The molecule has 1 saturated carbocycles. The first-order chi connectivity index (χ1) is 28.1. The third kappa shape index (κ3) is 9.23. The first kappa shape index (κ1) is 36.3. The zero-order valence-corrected chi connectivity index (χ0v) is 32.5. The van der Waals surface area contributed by atoms with Crippen molar-refractivity contribution in [1.82, 2.24) is 0 Å². The predicted molar refractivity (Wildman–Crippen MR) is 222 cm³/mol. The minimum absolute atomic E-state index is 0.128. The molecule has 6 aromatic rings. The van der Waals surface area contributed by atoms with Crippen molar-refractivity contribution in [1.29, 1.82) is 0 Å². The maximum Gasteiger partial charge on any atom is 0.230 e. The maximum absolute atomic E-state index is 6.24. The third-order valence-electron chi connectivity index (χ3n) is 12.0. The molecule has 6 aromatic carbocycles. The second kappa shape index (κ2) is 16.4. The zero-order chi connectivity index (χ0) is 38.0. The molecular weight excluding hydrogens is 713 g/mol. The van der Waals surface area contributed by atoms with Crippen LogP contribution in [0.1, 0.15) is 52.6 Å². The second-order valence-corrected chi connectivity index (χ2v) is 16.5. The molecule has 0 amide bonds. The van der Waals surface area contributed by atoms with E-state index < -0.39 is 0 Å². The quantitative estimate of drug-likeness (QED) is 0.0638. The number of epoxide rings is 2. The number of ether oxygens (including phenoxy) is 7. The van der Waals surface area contributed by atoms with Crippen LogP contribution in [0.25, 0.3) is 21.5 Å². The minimum Gasteiger partial charge on any atom is -0.457 e. The highest BCUT2D eigenvalue weighted by Gasteiger charge is 2.26. The highest BCUT2D eigenvalue weighted by molar-refractivity contribution is 5.85. The normalized spacial score (nSPS) is 18.9. The van der Waals surface area contributed by atoms with Crippen LogP contribution in [0, 0.1) is 11.8 Å². The van der Waals surface area contributed by atoms with Crippen LogP contribution in [0.4, 0.5) is 0 Å². The van der Waals surface area contributed by atoms with Gasteiger partial charge in [-0.05, 0) is 117 Å². The molecule has 2 atom stereocenters. The standard InChI is InChI=1S/C50H50O7/c1-2-33(3-1)16-34-4-8-41-23-45(12-10-39(41)19-34)54-31-56-49-14-6-36(21-43(49)25-47-29-52-47)17-37-7-15-50(44(22-37)26-48-30-53-48)57-32-55-46-13-11-40-20-35(5-9-42(40)24-46)18-38-27-51-28-38/h4-15,19-24,33,38,47-48H,1-3,16-18,25-32H2. The van der Waals surface area contributed by atoms with Crippen molar-refractivity contribution in [3.05, 3.63) is 143 Å². The summed E-state index contributed by atoms with van der Waals surface area (Å²) in [6.07, 6.45) is 9.26. The fraction of sp³-hybridized carbons (Fsp3) is 0.360. The summed E-state index contributed by atoms with van der Waals surface area (Å²) in [5.41, 5.74) is 7.49. The Balaban J connectivity index is 0.763. The lowest BCUT2D eigenvalue weighted by molar-refractivity contribution is -0.0312. The molecule has 7 heteroatoms. The molecule has 3 aliphatic heterocycles. The van der Waals surface area contributed by atoms with Crippen LogP contribution in [0.5, 0.6) is 23.0 Å². The summed E-state index contributed by atoms with van der Waals surface area (Å²) in [6.45, 7) is 3.58. The molecule has 10 rings (SSSR count). The summed E-state index contributed by atoms with van der Waals surface area (Å²) in [7, 11) is 0. The summed E-state index contributed by atoms with van der Waals surface area (Å²) in [5.74, 6) is 4.77. The van der Waals surface area contributed by atoms with Gasteiger partial charge in [-0.2, -0.15) is 0 Å². The van der Waals surface area contributed by atoms with E-state index in [1.165, 1.54) is 64.1 Å². The molecule has 0 aromatic heterocycles. The molecule has 2 unspecified atom stereocenters. The van der Waals surface area contributed by atoms with Crippen molar-refractivity contribution >= 4 is 21.5 Å². The molecule has 0 N–H and O–H groups in total. The van der Waals surface area contributed by atoms with Gasteiger partial charge < -0.3 is 33.2 Å². The molecule has 0 bridgehead atoms. The number of fused-ring (bicyclic) bond motifs is 2. The Morgan fingerprint density at radius 1 is 0.439 bits per heavy atom. The number of benzene rings is 6. The zero-order valence-electron chi connectivity index (χ0n) is 32.5. The molecule has 0 spiro atoms. The molecular formula is C50H50O7. The highest BCUT2D eigenvalue weighted by atomic mass is 16.7. The van der Waals surface area contributed by atoms with Crippen molar-refractivity contribution in [2.45, 2.75) is 63.6 Å². The van der Waals surface area contributed by atoms with Gasteiger partial charge in [0.15, 0.2) is 0 Å². The second-order valence-electron chi connectivity index (χ2n) is 16.5. The molecule has 292 valence electrons. The van der Waals surface area contributed by atoms with Crippen LogP contribution in [0.3, 0.4) is 0 Å². The Hall–Kier alpha value is -5.08. The van der Waals surface area contributed by atoms with Crippen molar-refractivity contribution in [3.63, 3.8) is 0 Å². The number of hydrogen-bond acceptors (Lipinski definition) is 7. The first-order valence-electron chi connectivity index (χ1n) is 20.7. The third-order valence-corrected chi connectivity index (χ3v) is 12.0. The summed E-state index contributed by atoms with van der Waals surface area (Å²) in [5, 5.41) is 4.82.